The minimum absolute atomic E-state index is 0.0298. The Kier molecular flexibility index (Phi) is 2.30. The normalized spacial score (nSPS) is 14.2. The largest absolute Gasteiger partial charge is 0.299 e. The van der Waals surface area contributed by atoms with Gasteiger partial charge in [0, 0.05) is 6.54 Å². The van der Waals surface area contributed by atoms with Crippen molar-refractivity contribution in [3.63, 3.8) is 0 Å². The molecular weight excluding hydrogens is 216 g/mol. The molecule has 0 aromatic heterocycles. The standard InChI is InChI=1S/C11H7F2NO2/c1-2-5-14-9-7(13)4-3-6(12)8(9)10(15)11(14)16/h2-4H,1,5H2. The Balaban J connectivity index is 2.69. The molecule has 5 heteroatoms. The maximum Gasteiger partial charge on any atom is 0.299 e. The fourth-order valence-corrected chi connectivity index (χ4v) is 1.66. The molecule has 16 heavy (non-hydrogen) atoms. The Morgan fingerprint density at radius 2 is 1.88 bits per heavy atom. The van der Waals surface area contributed by atoms with Gasteiger partial charge in [0.1, 0.15) is 11.6 Å². The van der Waals surface area contributed by atoms with Crippen LogP contribution in [0.3, 0.4) is 0 Å². The molecule has 82 valence electrons. The van der Waals surface area contributed by atoms with Crippen LogP contribution in [0.25, 0.3) is 0 Å². The first-order valence-corrected chi connectivity index (χ1v) is 4.53. The molecule has 0 saturated carbocycles. The van der Waals surface area contributed by atoms with Crippen LogP contribution in [0.15, 0.2) is 24.8 Å². The van der Waals surface area contributed by atoms with Crippen molar-refractivity contribution in [3.05, 3.63) is 42.0 Å². The van der Waals surface area contributed by atoms with Crippen molar-refractivity contribution < 1.29 is 18.4 Å². The van der Waals surface area contributed by atoms with Crippen LogP contribution in [-0.4, -0.2) is 18.2 Å². The highest BCUT2D eigenvalue weighted by molar-refractivity contribution is 6.52. The number of rotatable bonds is 2. The van der Waals surface area contributed by atoms with Crippen molar-refractivity contribution in [3.8, 4) is 0 Å². The zero-order chi connectivity index (χ0) is 11.9. The summed E-state index contributed by atoms with van der Waals surface area (Å²) in [5, 5.41) is 0. The molecule has 0 spiro atoms. The smallest absolute Gasteiger partial charge is 0.298 e. The number of nitrogens with zero attached hydrogens (tertiary/aromatic N) is 1. The molecule has 1 amide bonds. The summed E-state index contributed by atoms with van der Waals surface area (Å²) in [4.78, 5) is 23.8. The lowest BCUT2D eigenvalue weighted by Gasteiger charge is -2.14. The van der Waals surface area contributed by atoms with Gasteiger partial charge in [-0.2, -0.15) is 0 Å². The number of halogens is 2. The topological polar surface area (TPSA) is 37.4 Å². The molecule has 0 aliphatic carbocycles. The summed E-state index contributed by atoms with van der Waals surface area (Å²) in [5.74, 6) is -3.63. The number of ketones is 1. The van der Waals surface area contributed by atoms with Crippen LogP contribution in [0, 0.1) is 11.6 Å². The van der Waals surface area contributed by atoms with E-state index in [2.05, 4.69) is 6.58 Å². The van der Waals surface area contributed by atoms with E-state index in [-0.39, 0.29) is 12.2 Å². The first-order valence-electron chi connectivity index (χ1n) is 4.53. The van der Waals surface area contributed by atoms with E-state index in [0.29, 0.717) is 0 Å². The van der Waals surface area contributed by atoms with Crippen LogP contribution >= 0.6 is 0 Å². The van der Waals surface area contributed by atoms with E-state index < -0.39 is 28.9 Å². The van der Waals surface area contributed by atoms with Gasteiger partial charge in [0.25, 0.3) is 11.7 Å². The summed E-state index contributed by atoms with van der Waals surface area (Å²) in [6.45, 7) is 3.36. The third-order valence-corrected chi connectivity index (χ3v) is 2.33. The number of amides is 1. The maximum absolute atomic E-state index is 13.4. The molecule has 0 N–H and O–H groups in total. The van der Waals surface area contributed by atoms with Gasteiger partial charge >= 0.3 is 0 Å². The van der Waals surface area contributed by atoms with Gasteiger partial charge < -0.3 is 0 Å². The van der Waals surface area contributed by atoms with E-state index >= 15 is 0 Å². The lowest BCUT2D eigenvalue weighted by Crippen LogP contribution is -2.30. The second-order valence-corrected chi connectivity index (χ2v) is 3.29. The van der Waals surface area contributed by atoms with E-state index in [0.717, 1.165) is 17.0 Å². The highest BCUT2D eigenvalue weighted by Crippen LogP contribution is 2.33. The molecule has 1 aliphatic heterocycles. The van der Waals surface area contributed by atoms with E-state index in [4.69, 9.17) is 0 Å². The molecule has 0 unspecified atom stereocenters. The number of anilines is 1. The third kappa shape index (κ3) is 1.25. The van der Waals surface area contributed by atoms with Gasteiger partial charge in [0.2, 0.25) is 0 Å². The first-order chi connectivity index (χ1) is 7.57. The molecule has 0 saturated heterocycles. The van der Waals surface area contributed by atoms with Crippen LogP contribution < -0.4 is 4.90 Å². The van der Waals surface area contributed by atoms with Crippen molar-refractivity contribution in [2.24, 2.45) is 0 Å². The predicted molar refractivity (Wildman–Crippen MR) is 53.2 cm³/mol. The minimum Gasteiger partial charge on any atom is -0.298 e. The molecule has 2 rings (SSSR count). The van der Waals surface area contributed by atoms with Crippen molar-refractivity contribution >= 4 is 17.4 Å². The molecule has 1 heterocycles. The van der Waals surface area contributed by atoms with Crippen molar-refractivity contribution in [2.45, 2.75) is 0 Å². The monoisotopic (exact) mass is 223 g/mol. The van der Waals surface area contributed by atoms with Crippen molar-refractivity contribution in [1.82, 2.24) is 0 Å². The van der Waals surface area contributed by atoms with Gasteiger partial charge in [-0.25, -0.2) is 8.78 Å². The van der Waals surface area contributed by atoms with E-state index in [9.17, 15) is 18.4 Å². The Bertz CT molecular complexity index is 511. The molecule has 1 aliphatic rings. The van der Waals surface area contributed by atoms with Crippen LogP contribution in [0.5, 0.6) is 0 Å². The van der Waals surface area contributed by atoms with Crippen LogP contribution in [0.4, 0.5) is 14.5 Å². The summed E-state index contributed by atoms with van der Waals surface area (Å²) in [6.07, 6.45) is 1.34. The summed E-state index contributed by atoms with van der Waals surface area (Å²) >= 11 is 0. The second-order valence-electron chi connectivity index (χ2n) is 3.29. The third-order valence-electron chi connectivity index (χ3n) is 2.33. The number of benzene rings is 1. The van der Waals surface area contributed by atoms with Crippen LogP contribution in [-0.2, 0) is 4.79 Å². The molecule has 0 fully saturated rings. The molecule has 0 radical (unpaired) electrons. The summed E-state index contributed by atoms with van der Waals surface area (Å²) in [7, 11) is 0. The zero-order valence-corrected chi connectivity index (χ0v) is 8.17. The fourth-order valence-electron chi connectivity index (χ4n) is 1.66. The number of carbonyl (C=O) groups is 2. The van der Waals surface area contributed by atoms with Gasteiger partial charge in [0.15, 0.2) is 0 Å². The number of fused-ring (bicyclic) bond motifs is 1. The summed E-state index contributed by atoms with van der Waals surface area (Å²) in [6, 6.07) is 1.72. The van der Waals surface area contributed by atoms with E-state index in [1.165, 1.54) is 6.08 Å². The number of Topliss-reactive ketones (excluding diaryl/α,β-unsaturated/α-hetero) is 1. The highest BCUT2D eigenvalue weighted by atomic mass is 19.1. The Morgan fingerprint density at radius 1 is 1.25 bits per heavy atom. The minimum atomic E-state index is -1.02. The van der Waals surface area contributed by atoms with Crippen LogP contribution in [0.1, 0.15) is 10.4 Å². The Morgan fingerprint density at radius 3 is 2.50 bits per heavy atom. The zero-order valence-electron chi connectivity index (χ0n) is 8.17. The number of hydrogen-bond acceptors (Lipinski definition) is 2. The quantitative estimate of drug-likeness (QED) is 0.565. The van der Waals surface area contributed by atoms with E-state index in [1.54, 1.807) is 0 Å². The molecular formula is C11H7F2NO2. The van der Waals surface area contributed by atoms with E-state index in [1.807, 2.05) is 0 Å². The van der Waals surface area contributed by atoms with Gasteiger partial charge in [0.05, 0.1) is 11.3 Å². The molecule has 1 aromatic carbocycles. The average molecular weight is 223 g/mol. The predicted octanol–water partition coefficient (Wildman–Crippen LogP) is 1.68. The summed E-state index contributed by atoms with van der Waals surface area (Å²) in [5.41, 5.74) is -0.790. The lowest BCUT2D eigenvalue weighted by molar-refractivity contribution is -0.114. The summed E-state index contributed by atoms with van der Waals surface area (Å²) < 4.78 is 26.8. The SMILES string of the molecule is C=CCN1C(=O)C(=O)c2c(F)ccc(F)c21. The molecule has 3 nitrogen and oxygen atoms in total. The molecule has 0 bridgehead atoms. The first kappa shape index (κ1) is 10.5. The van der Waals surface area contributed by atoms with Gasteiger partial charge in [-0.15, -0.1) is 6.58 Å². The Labute approximate surface area is 90.0 Å². The molecule has 1 aromatic rings. The average Bonchev–Trinajstić information content (AvgIpc) is 2.50. The van der Waals surface area contributed by atoms with Gasteiger partial charge in [-0.1, -0.05) is 6.08 Å². The van der Waals surface area contributed by atoms with Crippen LogP contribution in [0.2, 0.25) is 0 Å². The molecule has 0 atom stereocenters. The number of carbonyl (C=O) groups excluding carboxylic acids is 2. The maximum atomic E-state index is 13.4. The highest BCUT2D eigenvalue weighted by Gasteiger charge is 2.39. The Hall–Kier alpha value is -2.04. The lowest BCUT2D eigenvalue weighted by atomic mass is 10.1. The fraction of sp³-hybridized carbons (Fsp3) is 0.0909. The van der Waals surface area contributed by atoms with Gasteiger partial charge in [-0.3, -0.25) is 14.5 Å². The van der Waals surface area contributed by atoms with Crippen molar-refractivity contribution in [1.29, 1.82) is 0 Å². The second kappa shape index (κ2) is 3.52. The van der Waals surface area contributed by atoms with Crippen molar-refractivity contribution in [2.75, 3.05) is 11.4 Å². The van der Waals surface area contributed by atoms with Gasteiger partial charge in [-0.05, 0) is 12.1 Å². The number of hydrogen-bond donors (Lipinski definition) is 0.